The maximum atomic E-state index is 11.5. The first-order chi connectivity index (χ1) is 11.8. The molecule has 0 bridgehead atoms. The van der Waals surface area contributed by atoms with Gasteiger partial charge in [-0.3, -0.25) is 4.99 Å². The molecule has 0 saturated heterocycles. The number of hydrogen-bond donors (Lipinski definition) is 3. The number of amides is 1. The zero-order valence-corrected chi connectivity index (χ0v) is 18.3. The predicted molar refractivity (Wildman–Crippen MR) is 115 cm³/mol. The summed E-state index contributed by atoms with van der Waals surface area (Å²) >= 11 is 0. The Morgan fingerprint density at radius 1 is 1.15 bits per heavy atom. The Kier molecular flexibility index (Phi) is 11.8. The van der Waals surface area contributed by atoms with Gasteiger partial charge in [-0.25, -0.2) is 4.79 Å². The minimum Gasteiger partial charge on any atom is -0.497 e. The van der Waals surface area contributed by atoms with Crippen LogP contribution in [0.15, 0.2) is 29.3 Å². The van der Waals surface area contributed by atoms with Crippen LogP contribution in [0.25, 0.3) is 0 Å². The van der Waals surface area contributed by atoms with E-state index in [0.717, 1.165) is 12.2 Å². The van der Waals surface area contributed by atoms with E-state index in [1.54, 1.807) is 7.11 Å². The molecule has 0 atom stereocenters. The molecule has 4 N–H and O–H groups in total. The van der Waals surface area contributed by atoms with Crippen molar-refractivity contribution in [3.63, 3.8) is 0 Å². The molecule has 26 heavy (non-hydrogen) atoms. The molecular formula is C18H31IN4O3. The SMILES string of the molecule is COc1ccc(CCNC(N)=NCCCNC(=O)OC(C)(C)C)cc1.I. The molecular weight excluding hydrogens is 447 g/mol. The number of methoxy groups -OCH3 is 1. The fraction of sp³-hybridized carbons (Fsp3) is 0.556. The van der Waals surface area contributed by atoms with Crippen LogP contribution in [0, 0.1) is 0 Å². The van der Waals surface area contributed by atoms with Crippen LogP contribution < -0.4 is 21.1 Å². The molecule has 0 aromatic heterocycles. The van der Waals surface area contributed by atoms with E-state index in [0.29, 0.717) is 32.0 Å². The highest BCUT2D eigenvalue weighted by molar-refractivity contribution is 14.0. The second-order valence-electron chi connectivity index (χ2n) is 6.57. The number of aliphatic imine (C=N–C) groups is 1. The third kappa shape index (κ3) is 11.8. The summed E-state index contributed by atoms with van der Waals surface area (Å²) in [5, 5.41) is 5.76. The summed E-state index contributed by atoms with van der Waals surface area (Å²) in [4.78, 5) is 15.7. The van der Waals surface area contributed by atoms with E-state index in [4.69, 9.17) is 15.2 Å². The Morgan fingerprint density at radius 2 is 1.81 bits per heavy atom. The third-order valence-corrected chi connectivity index (χ3v) is 3.16. The molecule has 0 aliphatic carbocycles. The minimum atomic E-state index is -0.486. The minimum absolute atomic E-state index is 0. The number of benzene rings is 1. The predicted octanol–water partition coefficient (Wildman–Crippen LogP) is 2.67. The lowest BCUT2D eigenvalue weighted by Crippen LogP contribution is -2.34. The third-order valence-electron chi connectivity index (χ3n) is 3.16. The number of nitrogens with two attached hydrogens (primary N) is 1. The van der Waals surface area contributed by atoms with E-state index < -0.39 is 11.7 Å². The number of ether oxygens (including phenoxy) is 2. The lowest BCUT2D eigenvalue weighted by molar-refractivity contribution is 0.0527. The van der Waals surface area contributed by atoms with Gasteiger partial charge in [0, 0.05) is 19.6 Å². The Bertz CT molecular complexity index is 557. The van der Waals surface area contributed by atoms with E-state index in [2.05, 4.69) is 15.6 Å². The second kappa shape index (κ2) is 12.6. The maximum absolute atomic E-state index is 11.5. The summed E-state index contributed by atoms with van der Waals surface area (Å²) in [5.41, 5.74) is 6.53. The van der Waals surface area contributed by atoms with Crippen molar-refractivity contribution in [1.82, 2.24) is 10.6 Å². The maximum Gasteiger partial charge on any atom is 0.407 e. The number of carbonyl (C=O) groups excluding carboxylic acids is 1. The van der Waals surface area contributed by atoms with Crippen LogP contribution >= 0.6 is 24.0 Å². The fourth-order valence-electron chi connectivity index (χ4n) is 1.97. The molecule has 0 aliphatic rings. The Balaban J connectivity index is 0.00000625. The van der Waals surface area contributed by atoms with Crippen LogP contribution in [0.1, 0.15) is 32.8 Å². The normalized spacial score (nSPS) is 11.3. The van der Waals surface area contributed by atoms with E-state index in [1.165, 1.54) is 5.56 Å². The molecule has 8 heteroatoms. The monoisotopic (exact) mass is 478 g/mol. The lowest BCUT2D eigenvalue weighted by atomic mass is 10.1. The fourth-order valence-corrected chi connectivity index (χ4v) is 1.97. The Hall–Kier alpha value is -1.71. The zero-order chi connectivity index (χ0) is 18.7. The van der Waals surface area contributed by atoms with Gasteiger partial charge < -0.3 is 25.8 Å². The second-order valence-corrected chi connectivity index (χ2v) is 6.57. The number of guanidine groups is 1. The van der Waals surface area contributed by atoms with Crippen LogP contribution in [-0.2, 0) is 11.2 Å². The van der Waals surface area contributed by atoms with Crippen LogP contribution in [0.4, 0.5) is 4.79 Å². The molecule has 148 valence electrons. The van der Waals surface area contributed by atoms with Crippen LogP contribution in [0.2, 0.25) is 0 Å². The summed E-state index contributed by atoms with van der Waals surface area (Å²) in [6.45, 7) is 7.23. The first-order valence-corrected chi connectivity index (χ1v) is 8.44. The Morgan fingerprint density at radius 3 is 2.38 bits per heavy atom. The summed E-state index contributed by atoms with van der Waals surface area (Å²) in [7, 11) is 1.65. The van der Waals surface area contributed by atoms with Crippen LogP contribution in [0.3, 0.4) is 0 Å². The smallest absolute Gasteiger partial charge is 0.407 e. The molecule has 0 unspecified atom stereocenters. The quantitative estimate of drug-likeness (QED) is 0.231. The van der Waals surface area contributed by atoms with E-state index >= 15 is 0 Å². The molecule has 0 saturated carbocycles. The van der Waals surface area contributed by atoms with Crippen molar-refractivity contribution in [1.29, 1.82) is 0 Å². The van der Waals surface area contributed by atoms with Crippen LogP contribution in [-0.4, -0.2) is 44.4 Å². The van der Waals surface area contributed by atoms with Gasteiger partial charge in [-0.2, -0.15) is 0 Å². The van der Waals surface area contributed by atoms with Crippen LogP contribution in [0.5, 0.6) is 5.75 Å². The standard InChI is InChI=1S/C18H30N4O3.HI/c1-18(2,3)25-17(23)22-12-5-11-20-16(19)21-13-10-14-6-8-15(24-4)9-7-14;/h6-9H,5,10-13H2,1-4H3,(H,22,23)(H3,19,20,21);1H. The number of rotatable bonds is 8. The molecule has 0 heterocycles. The number of hydrogen-bond acceptors (Lipinski definition) is 4. The topological polar surface area (TPSA) is 98.0 Å². The average Bonchev–Trinajstić information content (AvgIpc) is 2.53. The van der Waals surface area contributed by atoms with Crippen molar-refractivity contribution in [2.75, 3.05) is 26.7 Å². The highest BCUT2D eigenvalue weighted by Gasteiger charge is 2.15. The van der Waals surface area contributed by atoms with Crippen molar-refractivity contribution < 1.29 is 14.3 Å². The number of carbonyl (C=O) groups is 1. The van der Waals surface area contributed by atoms with Crippen molar-refractivity contribution >= 4 is 36.0 Å². The Labute approximate surface area is 173 Å². The van der Waals surface area contributed by atoms with E-state index in [1.807, 2.05) is 45.0 Å². The van der Waals surface area contributed by atoms with Gasteiger partial charge in [0.05, 0.1) is 7.11 Å². The molecule has 7 nitrogen and oxygen atoms in total. The summed E-state index contributed by atoms with van der Waals surface area (Å²) in [6.07, 6.45) is 1.13. The number of nitrogens with one attached hydrogen (secondary N) is 2. The summed E-state index contributed by atoms with van der Waals surface area (Å²) < 4.78 is 10.3. The van der Waals surface area contributed by atoms with Gasteiger partial charge >= 0.3 is 6.09 Å². The number of halogens is 1. The van der Waals surface area contributed by atoms with Gasteiger partial charge in [0.25, 0.3) is 0 Å². The highest BCUT2D eigenvalue weighted by atomic mass is 127. The molecule has 0 aliphatic heterocycles. The van der Waals surface area contributed by atoms with Crippen molar-refractivity contribution in [2.24, 2.45) is 10.7 Å². The molecule has 1 amide bonds. The molecule has 1 rings (SSSR count). The molecule has 0 fully saturated rings. The lowest BCUT2D eigenvalue weighted by Gasteiger charge is -2.19. The molecule has 0 radical (unpaired) electrons. The number of alkyl carbamates (subject to hydrolysis) is 1. The molecule has 1 aromatic rings. The van der Waals surface area contributed by atoms with E-state index in [9.17, 15) is 4.79 Å². The van der Waals surface area contributed by atoms with Gasteiger partial charge in [0.15, 0.2) is 5.96 Å². The largest absolute Gasteiger partial charge is 0.497 e. The van der Waals surface area contributed by atoms with Gasteiger partial charge in [-0.15, -0.1) is 24.0 Å². The zero-order valence-electron chi connectivity index (χ0n) is 16.0. The first kappa shape index (κ1) is 24.3. The summed E-state index contributed by atoms with van der Waals surface area (Å²) in [5.74, 6) is 1.25. The molecule has 1 aromatic carbocycles. The van der Waals surface area contributed by atoms with Gasteiger partial charge in [-0.05, 0) is 51.3 Å². The van der Waals surface area contributed by atoms with Gasteiger partial charge in [-0.1, -0.05) is 12.1 Å². The highest BCUT2D eigenvalue weighted by Crippen LogP contribution is 2.11. The average molecular weight is 478 g/mol. The van der Waals surface area contributed by atoms with Gasteiger partial charge in [0.2, 0.25) is 0 Å². The van der Waals surface area contributed by atoms with Crippen molar-refractivity contribution in [3.8, 4) is 5.75 Å². The molecule has 0 spiro atoms. The summed E-state index contributed by atoms with van der Waals surface area (Å²) in [6, 6.07) is 7.92. The first-order valence-electron chi connectivity index (χ1n) is 8.44. The van der Waals surface area contributed by atoms with Crippen molar-refractivity contribution in [2.45, 2.75) is 39.2 Å². The number of nitrogens with zero attached hydrogens (tertiary/aromatic N) is 1. The van der Waals surface area contributed by atoms with Gasteiger partial charge in [0.1, 0.15) is 11.4 Å². The van der Waals surface area contributed by atoms with E-state index in [-0.39, 0.29) is 24.0 Å². The van der Waals surface area contributed by atoms with Crippen molar-refractivity contribution in [3.05, 3.63) is 29.8 Å².